The summed E-state index contributed by atoms with van der Waals surface area (Å²) in [4.78, 5) is 23.1. The zero-order valence-electron chi connectivity index (χ0n) is 15.8. The maximum absolute atomic E-state index is 11.5. The Morgan fingerprint density at radius 3 is 2.28 bits per heavy atom. The Labute approximate surface area is 172 Å². The number of carbonyl (C=O) groups is 2. The van der Waals surface area contributed by atoms with Gasteiger partial charge in [0, 0.05) is 13.5 Å². The summed E-state index contributed by atoms with van der Waals surface area (Å²) in [5, 5.41) is 52.4. The average Bonchev–Trinajstić information content (AvgIpc) is 2.65. The van der Waals surface area contributed by atoms with Crippen LogP contribution in [0.1, 0.15) is 13.8 Å². The maximum Gasteiger partial charge on any atom is 0.335 e. The Hall–Kier alpha value is -1.03. The van der Waals surface area contributed by atoms with Crippen LogP contribution in [0, 0.1) is 0 Å². The number of hydrogen-bond donors (Lipinski definition) is 7. The number of nitrogens with one attached hydrogen (secondary N) is 1. The summed E-state index contributed by atoms with van der Waals surface area (Å²) in [5.41, 5.74) is -0.999. The molecule has 10 unspecified atom stereocenters. The molecule has 13 heteroatoms. The molecule has 2 heterocycles. The standard InChI is InChI=1S/C16H27NO11S/c1-3-25-12-9(21)10(22)15(28-13(12)14(23)24)27-11-7(17-5(2)19)16(29)26-6(4-18)8(11)20/h6-13,15-16,18,20-22,29H,3-4H2,1-2H3,(H,17,19)(H,23,24). The molecule has 2 rings (SSSR count). The Morgan fingerprint density at radius 2 is 1.76 bits per heavy atom. The molecule has 2 saturated heterocycles. The fourth-order valence-electron chi connectivity index (χ4n) is 3.32. The van der Waals surface area contributed by atoms with E-state index in [0.717, 1.165) is 0 Å². The normalized spacial score (nSPS) is 43.0. The number of carboxylic acids is 1. The van der Waals surface area contributed by atoms with Gasteiger partial charge in [0.1, 0.15) is 42.1 Å². The van der Waals surface area contributed by atoms with Crippen LogP contribution in [-0.4, -0.2) is 111 Å². The number of amides is 1. The van der Waals surface area contributed by atoms with Crippen molar-refractivity contribution in [2.75, 3.05) is 13.2 Å². The number of aliphatic carboxylic acids is 1. The third-order valence-corrected chi connectivity index (χ3v) is 5.12. The highest BCUT2D eigenvalue weighted by molar-refractivity contribution is 7.80. The summed E-state index contributed by atoms with van der Waals surface area (Å²) in [6.45, 7) is 2.27. The second kappa shape index (κ2) is 10.3. The molecule has 2 aliphatic rings. The van der Waals surface area contributed by atoms with E-state index in [-0.39, 0.29) is 6.61 Å². The van der Waals surface area contributed by atoms with Crippen molar-refractivity contribution in [1.29, 1.82) is 0 Å². The van der Waals surface area contributed by atoms with Crippen molar-refractivity contribution in [3.05, 3.63) is 0 Å². The van der Waals surface area contributed by atoms with Gasteiger partial charge in [0.15, 0.2) is 12.4 Å². The number of ether oxygens (including phenoxy) is 4. The number of carboxylic acid groups (broad SMARTS) is 1. The van der Waals surface area contributed by atoms with E-state index in [4.69, 9.17) is 18.9 Å². The minimum absolute atomic E-state index is 0.0654. The molecule has 0 spiro atoms. The van der Waals surface area contributed by atoms with Crippen molar-refractivity contribution in [2.24, 2.45) is 0 Å². The fraction of sp³-hybridized carbons (Fsp3) is 0.875. The Bertz CT molecular complexity index is 581. The lowest BCUT2D eigenvalue weighted by atomic mass is 9.96. The monoisotopic (exact) mass is 441 g/mol. The van der Waals surface area contributed by atoms with Crippen molar-refractivity contribution in [3.8, 4) is 0 Å². The minimum atomic E-state index is -1.72. The molecule has 1 amide bonds. The van der Waals surface area contributed by atoms with Gasteiger partial charge in [-0.1, -0.05) is 0 Å². The van der Waals surface area contributed by atoms with Gasteiger partial charge in [0.2, 0.25) is 5.91 Å². The van der Waals surface area contributed by atoms with E-state index in [1.807, 2.05) is 0 Å². The average molecular weight is 441 g/mol. The van der Waals surface area contributed by atoms with Gasteiger partial charge >= 0.3 is 5.97 Å². The lowest BCUT2D eigenvalue weighted by Crippen LogP contribution is -2.67. The van der Waals surface area contributed by atoms with Gasteiger partial charge in [-0.05, 0) is 6.92 Å². The summed E-state index contributed by atoms with van der Waals surface area (Å²) < 4.78 is 21.4. The SMILES string of the molecule is CCOC1C(C(=O)O)OC(OC2C(O)C(CO)OC(S)C2NC(C)=O)C(O)C1O. The van der Waals surface area contributed by atoms with E-state index >= 15 is 0 Å². The van der Waals surface area contributed by atoms with Crippen LogP contribution in [0.15, 0.2) is 0 Å². The molecule has 2 fully saturated rings. The summed E-state index contributed by atoms with van der Waals surface area (Å²) in [6.07, 6.45) is -12.0. The van der Waals surface area contributed by atoms with E-state index in [1.165, 1.54) is 6.92 Å². The van der Waals surface area contributed by atoms with Gasteiger partial charge in [-0.3, -0.25) is 4.79 Å². The molecule has 0 radical (unpaired) electrons. The lowest BCUT2D eigenvalue weighted by Gasteiger charge is -2.46. The Balaban J connectivity index is 2.26. The first-order valence-corrected chi connectivity index (χ1v) is 9.55. The molecule has 29 heavy (non-hydrogen) atoms. The number of rotatable bonds is 7. The van der Waals surface area contributed by atoms with Crippen LogP contribution in [0.2, 0.25) is 0 Å². The van der Waals surface area contributed by atoms with Crippen molar-refractivity contribution >= 4 is 24.5 Å². The summed E-state index contributed by atoms with van der Waals surface area (Å²) in [5.74, 6) is -1.94. The number of hydrogen-bond acceptors (Lipinski definition) is 11. The molecule has 10 atom stereocenters. The zero-order chi connectivity index (χ0) is 21.9. The van der Waals surface area contributed by atoms with Gasteiger partial charge in [0.05, 0.1) is 12.6 Å². The molecule has 0 aromatic carbocycles. The number of thiol groups is 1. The summed E-state index contributed by atoms with van der Waals surface area (Å²) in [7, 11) is 0. The predicted molar refractivity (Wildman–Crippen MR) is 96.9 cm³/mol. The summed E-state index contributed by atoms with van der Waals surface area (Å²) >= 11 is 4.19. The van der Waals surface area contributed by atoms with Gasteiger partial charge in [0.25, 0.3) is 0 Å². The van der Waals surface area contributed by atoms with Crippen molar-refractivity contribution in [3.63, 3.8) is 0 Å². The molecule has 2 aliphatic heterocycles. The van der Waals surface area contributed by atoms with Crippen molar-refractivity contribution in [1.82, 2.24) is 5.32 Å². The molecule has 0 bridgehead atoms. The van der Waals surface area contributed by atoms with Gasteiger partial charge in [-0.2, -0.15) is 0 Å². The van der Waals surface area contributed by atoms with Gasteiger partial charge in [-0.15, -0.1) is 12.6 Å². The Morgan fingerprint density at radius 1 is 1.10 bits per heavy atom. The molecular formula is C16H27NO11S. The molecule has 12 nitrogen and oxygen atoms in total. The van der Waals surface area contributed by atoms with Crippen LogP contribution >= 0.6 is 12.6 Å². The highest BCUT2D eigenvalue weighted by Gasteiger charge is 2.52. The molecule has 168 valence electrons. The molecule has 0 aromatic heterocycles. The third kappa shape index (κ3) is 5.37. The minimum Gasteiger partial charge on any atom is -0.479 e. The first kappa shape index (κ1) is 24.2. The first-order chi connectivity index (χ1) is 13.6. The van der Waals surface area contributed by atoms with Crippen LogP contribution in [0.25, 0.3) is 0 Å². The number of aliphatic hydroxyl groups is 4. The van der Waals surface area contributed by atoms with Crippen LogP contribution in [0.4, 0.5) is 0 Å². The smallest absolute Gasteiger partial charge is 0.335 e. The molecular weight excluding hydrogens is 414 g/mol. The van der Waals surface area contributed by atoms with Crippen LogP contribution in [0.3, 0.4) is 0 Å². The number of aliphatic hydroxyl groups excluding tert-OH is 4. The van der Waals surface area contributed by atoms with Crippen molar-refractivity contribution in [2.45, 2.75) is 74.3 Å². The third-order valence-electron chi connectivity index (χ3n) is 4.68. The van der Waals surface area contributed by atoms with Gasteiger partial charge < -0.3 is 49.8 Å². The van der Waals surface area contributed by atoms with E-state index in [1.54, 1.807) is 6.92 Å². The highest BCUT2D eigenvalue weighted by atomic mass is 32.1. The molecule has 6 N–H and O–H groups in total. The van der Waals surface area contributed by atoms with E-state index in [2.05, 4.69) is 17.9 Å². The first-order valence-electron chi connectivity index (χ1n) is 9.03. The predicted octanol–water partition coefficient (Wildman–Crippen LogP) is -3.18. The fourth-order valence-corrected chi connectivity index (χ4v) is 3.72. The highest BCUT2D eigenvalue weighted by Crippen LogP contribution is 2.31. The number of carbonyl (C=O) groups excluding carboxylic acids is 1. The molecule has 0 saturated carbocycles. The summed E-state index contributed by atoms with van der Waals surface area (Å²) in [6, 6.07) is -1.03. The van der Waals surface area contributed by atoms with Crippen molar-refractivity contribution < 1.29 is 54.1 Å². The zero-order valence-corrected chi connectivity index (χ0v) is 16.7. The van der Waals surface area contributed by atoms with Gasteiger partial charge in [-0.25, -0.2) is 4.79 Å². The topological polar surface area (TPSA) is 184 Å². The Kier molecular flexibility index (Phi) is 8.63. The lowest BCUT2D eigenvalue weighted by molar-refractivity contribution is -0.326. The molecule has 0 aromatic rings. The second-order valence-electron chi connectivity index (χ2n) is 6.73. The van der Waals surface area contributed by atoms with Crippen LogP contribution in [0.5, 0.6) is 0 Å². The van der Waals surface area contributed by atoms with Crippen LogP contribution in [-0.2, 0) is 28.5 Å². The second-order valence-corrected chi connectivity index (χ2v) is 7.24. The largest absolute Gasteiger partial charge is 0.479 e. The quantitative estimate of drug-likeness (QED) is 0.198. The maximum atomic E-state index is 11.5. The van der Waals surface area contributed by atoms with E-state index < -0.39 is 79.0 Å². The molecule has 0 aliphatic carbocycles. The van der Waals surface area contributed by atoms with Crippen LogP contribution < -0.4 is 5.32 Å². The van der Waals surface area contributed by atoms with E-state index in [0.29, 0.717) is 0 Å². The van der Waals surface area contributed by atoms with E-state index in [9.17, 15) is 35.1 Å².